The van der Waals surface area contributed by atoms with Crippen LogP contribution in [0.1, 0.15) is 0 Å². The fourth-order valence-corrected chi connectivity index (χ4v) is 11.1. The van der Waals surface area contributed by atoms with Gasteiger partial charge in [0.1, 0.15) is 0 Å². The molecule has 0 radical (unpaired) electrons. The number of pyridine rings is 1. The highest BCUT2D eigenvalue weighted by Crippen LogP contribution is 2.48. The summed E-state index contributed by atoms with van der Waals surface area (Å²) < 4.78 is 0. The van der Waals surface area contributed by atoms with Crippen LogP contribution in [-0.2, 0) is 0 Å². The van der Waals surface area contributed by atoms with Crippen LogP contribution < -0.4 is 26.2 Å². The molecule has 0 saturated heterocycles. The van der Waals surface area contributed by atoms with Gasteiger partial charge in [0, 0.05) is 45.3 Å². The molecule has 11 aromatic carbocycles. The maximum Gasteiger partial charge on any atom is 0.252 e. The molecule has 12 aromatic rings. The Kier molecular flexibility index (Phi) is 8.38. The van der Waals surface area contributed by atoms with Crippen LogP contribution in [0.2, 0.25) is 0 Å². The fourth-order valence-electron chi connectivity index (χ4n) is 11.1. The van der Waals surface area contributed by atoms with Gasteiger partial charge >= 0.3 is 0 Å². The predicted molar refractivity (Wildman–Crippen MR) is 285 cm³/mol. The molecule has 3 heterocycles. The summed E-state index contributed by atoms with van der Waals surface area (Å²) >= 11 is 0. The van der Waals surface area contributed by atoms with E-state index < -0.39 is 0 Å². The Balaban J connectivity index is 1.13. The molecule has 0 spiro atoms. The van der Waals surface area contributed by atoms with E-state index in [-0.39, 0.29) is 6.71 Å². The number of hydrogen-bond donors (Lipinski definition) is 0. The van der Waals surface area contributed by atoms with Crippen molar-refractivity contribution < 1.29 is 0 Å². The Morgan fingerprint density at radius 2 is 0.672 bits per heavy atom. The maximum atomic E-state index is 5.32. The van der Waals surface area contributed by atoms with Crippen molar-refractivity contribution in [3.8, 4) is 33.6 Å². The molecule has 3 nitrogen and oxygen atoms in total. The van der Waals surface area contributed by atoms with Gasteiger partial charge in [0.15, 0.2) is 0 Å². The highest BCUT2D eigenvalue weighted by molar-refractivity contribution is 7.00. The molecule has 0 bridgehead atoms. The zero-order valence-electron chi connectivity index (χ0n) is 36.5. The number of para-hydroxylation sites is 2. The van der Waals surface area contributed by atoms with E-state index in [1.165, 1.54) is 82.2 Å². The summed E-state index contributed by atoms with van der Waals surface area (Å²) in [5, 5.41) is 9.97. The van der Waals surface area contributed by atoms with Gasteiger partial charge in [0.2, 0.25) is 0 Å². The van der Waals surface area contributed by atoms with E-state index in [1.54, 1.807) is 0 Å². The summed E-state index contributed by atoms with van der Waals surface area (Å²) in [7, 11) is 0. The third-order valence-corrected chi connectivity index (χ3v) is 14.1. The second-order valence-corrected chi connectivity index (χ2v) is 17.9. The van der Waals surface area contributed by atoms with Gasteiger partial charge in [0.25, 0.3) is 6.71 Å². The van der Waals surface area contributed by atoms with E-state index in [2.05, 4.69) is 252 Å². The molecule has 0 unspecified atom stereocenters. The van der Waals surface area contributed by atoms with Gasteiger partial charge in [-0.05, 0) is 131 Å². The van der Waals surface area contributed by atoms with Crippen LogP contribution in [0.3, 0.4) is 0 Å². The lowest BCUT2D eigenvalue weighted by molar-refractivity contribution is 1.26. The summed E-state index contributed by atoms with van der Waals surface area (Å²) in [5.74, 6) is 0. The molecule has 0 atom stereocenters. The van der Waals surface area contributed by atoms with Gasteiger partial charge < -0.3 is 9.80 Å². The summed E-state index contributed by atoms with van der Waals surface area (Å²) in [5.41, 5.74) is 17.1. The molecule has 14 rings (SSSR count). The first kappa shape index (κ1) is 37.6. The largest absolute Gasteiger partial charge is 0.311 e. The molecule has 0 fully saturated rings. The predicted octanol–water partition coefficient (Wildman–Crippen LogP) is 14.8. The van der Waals surface area contributed by atoms with Crippen LogP contribution in [0.4, 0.5) is 34.1 Å². The van der Waals surface area contributed by atoms with Crippen molar-refractivity contribution in [2.75, 3.05) is 9.80 Å². The van der Waals surface area contributed by atoms with Crippen LogP contribution in [0.25, 0.3) is 76.7 Å². The molecule has 4 heteroatoms. The van der Waals surface area contributed by atoms with Crippen LogP contribution in [0.15, 0.2) is 243 Å². The van der Waals surface area contributed by atoms with Gasteiger partial charge in [-0.15, -0.1) is 0 Å². The Bertz CT molecular complexity index is 3680. The number of aromatic nitrogens is 1. The first-order chi connectivity index (χ1) is 33.2. The molecule has 0 aliphatic carbocycles. The van der Waals surface area contributed by atoms with E-state index in [1.807, 2.05) is 0 Å². The van der Waals surface area contributed by atoms with Crippen molar-refractivity contribution in [3.63, 3.8) is 0 Å². The summed E-state index contributed by atoms with van der Waals surface area (Å²) in [6.45, 7) is -0.0621. The Morgan fingerprint density at radius 3 is 1.13 bits per heavy atom. The zero-order valence-corrected chi connectivity index (χ0v) is 36.5. The number of hydrogen-bond acceptors (Lipinski definition) is 3. The van der Waals surface area contributed by atoms with Gasteiger partial charge in [0.05, 0.1) is 11.4 Å². The van der Waals surface area contributed by atoms with Gasteiger partial charge in [-0.2, -0.15) is 0 Å². The average Bonchev–Trinajstić information content (AvgIpc) is 3.40. The number of anilines is 6. The van der Waals surface area contributed by atoms with Gasteiger partial charge in [-0.25, -0.2) is 4.98 Å². The minimum Gasteiger partial charge on any atom is -0.311 e. The summed E-state index contributed by atoms with van der Waals surface area (Å²) in [6, 6.07) is 89.3. The Morgan fingerprint density at radius 1 is 0.284 bits per heavy atom. The SMILES string of the molecule is c1ccc(-c2cc(-c3cc4c5c(c3)N(c3ccccc3)c3cc6c(ccc7ccccc76)cc3B5c3cc5ccc6ccccc6c5cc3N4c3ccccc3)cc(-c3ccccc3)n2)cc1. The number of nitrogens with zero attached hydrogens (tertiary/aromatic N) is 3. The molecule has 2 aliphatic rings. The van der Waals surface area contributed by atoms with Crippen molar-refractivity contribution in [2.24, 2.45) is 0 Å². The van der Waals surface area contributed by atoms with Crippen molar-refractivity contribution in [2.45, 2.75) is 0 Å². The average molecular weight is 850 g/mol. The van der Waals surface area contributed by atoms with E-state index in [9.17, 15) is 0 Å². The second kappa shape index (κ2) is 14.9. The third kappa shape index (κ3) is 5.97. The van der Waals surface area contributed by atoms with E-state index in [4.69, 9.17) is 4.98 Å². The highest BCUT2D eigenvalue weighted by atomic mass is 15.2. The lowest BCUT2D eigenvalue weighted by atomic mass is 9.33. The molecular formula is C63H40BN3. The van der Waals surface area contributed by atoms with Gasteiger partial charge in [-0.3, -0.25) is 0 Å². The van der Waals surface area contributed by atoms with E-state index in [0.717, 1.165) is 45.0 Å². The highest BCUT2D eigenvalue weighted by Gasteiger charge is 2.44. The van der Waals surface area contributed by atoms with Crippen molar-refractivity contribution in [3.05, 3.63) is 243 Å². The maximum absolute atomic E-state index is 5.32. The van der Waals surface area contributed by atoms with Crippen LogP contribution in [0, 0.1) is 0 Å². The van der Waals surface area contributed by atoms with Gasteiger partial charge in [-0.1, -0.05) is 182 Å². The lowest BCUT2D eigenvalue weighted by Gasteiger charge is -2.44. The van der Waals surface area contributed by atoms with Crippen LogP contribution in [-0.4, -0.2) is 11.7 Å². The quantitative estimate of drug-likeness (QED) is 0.127. The first-order valence-electron chi connectivity index (χ1n) is 23.1. The van der Waals surface area contributed by atoms with Crippen molar-refractivity contribution >= 4 is 100 Å². The van der Waals surface area contributed by atoms with Crippen molar-refractivity contribution in [1.82, 2.24) is 4.98 Å². The van der Waals surface area contributed by atoms with E-state index in [0.29, 0.717) is 0 Å². The fraction of sp³-hybridized carbons (Fsp3) is 0. The molecule has 0 N–H and O–H groups in total. The molecular weight excluding hydrogens is 810 g/mol. The molecule has 0 saturated carbocycles. The lowest BCUT2D eigenvalue weighted by Crippen LogP contribution is -2.61. The second-order valence-electron chi connectivity index (χ2n) is 17.9. The minimum absolute atomic E-state index is 0.0621. The summed E-state index contributed by atoms with van der Waals surface area (Å²) in [4.78, 5) is 10.4. The Hall–Kier alpha value is -8.73. The van der Waals surface area contributed by atoms with Crippen LogP contribution in [0.5, 0.6) is 0 Å². The number of rotatable bonds is 5. The molecule has 67 heavy (non-hydrogen) atoms. The van der Waals surface area contributed by atoms with Crippen molar-refractivity contribution in [1.29, 1.82) is 0 Å². The first-order valence-corrected chi connectivity index (χ1v) is 23.1. The molecule has 310 valence electrons. The number of fused-ring (bicyclic) bond motifs is 10. The normalized spacial score (nSPS) is 12.7. The topological polar surface area (TPSA) is 19.4 Å². The van der Waals surface area contributed by atoms with Crippen LogP contribution >= 0.6 is 0 Å². The number of benzene rings is 11. The Labute approximate surface area is 389 Å². The molecule has 0 amide bonds. The summed E-state index contributed by atoms with van der Waals surface area (Å²) in [6.07, 6.45) is 0. The smallest absolute Gasteiger partial charge is 0.252 e. The zero-order chi connectivity index (χ0) is 44.0. The monoisotopic (exact) mass is 849 g/mol. The molecule has 1 aromatic heterocycles. The van der Waals surface area contributed by atoms with E-state index >= 15 is 0 Å². The third-order valence-electron chi connectivity index (χ3n) is 14.1. The standard InChI is InChI=1S/C63H40BN3/c1-5-19-43(20-6-1)57-35-47(36-58(65-57)44-21-7-2-8-22-44)48-37-61-63-62(38-48)67(50-25-11-4-12-26-50)60-40-54-46(32-30-42-18-14-16-28-52(42)54)34-56(60)64(63)55-33-45-31-29-41-17-13-15-27-51(41)53(45)39-59(55)66(61)49-23-9-3-10-24-49/h1-40H. The minimum atomic E-state index is -0.0621. The molecule has 2 aliphatic heterocycles.